The van der Waals surface area contributed by atoms with Crippen LogP contribution in [0.4, 0.5) is 0 Å². The molecule has 1 aromatic rings. The van der Waals surface area contributed by atoms with E-state index >= 15 is 0 Å². The van der Waals surface area contributed by atoms with Gasteiger partial charge in [-0.15, -0.1) is 0 Å². The van der Waals surface area contributed by atoms with Crippen LogP contribution in [-0.4, -0.2) is 66.2 Å². The van der Waals surface area contributed by atoms with Crippen molar-refractivity contribution < 1.29 is 14.4 Å². The number of Topliss-reactive ketones (excluding diaryl/α,β-unsaturated/α-hetero) is 1. The fourth-order valence-corrected chi connectivity index (χ4v) is 2.96. The Hall–Kier alpha value is -2.21. The van der Waals surface area contributed by atoms with E-state index in [4.69, 9.17) is 0 Å². The summed E-state index contributed by atoms with van der Waals surface area (Å²) in [6.45, 7) is 4.96. The van der Waals surface area contributed by atoms with Gasteiger partial charge in [0.2, 0.25) is 11.7 Å². The summed E-state index contributed by atoms with van der Waals surface area (Å²) in [5.41, 5.74) is 1.36. The van der Waals surface area contributed by atoms with E-state index in [1.165, 1.54) is 12.8 Å². The van der Waals surface area contributed by atoms with Crippen molar-refractivity contribution in [3.8, 4) is 0 Å². The smallest absolute Gasteiger partial charge is 0.292 e. The van der Waals surface area contributed by atoms with Crippen molar-refractivity contribution in [1.82, 2.24) is 15.1 Å². The van der Waals surface area contributed by atoms with Gasteiger partial charge in [0.15, 0.2) is 0 Å². The lowest BCUT2D eigenvalue weighted by Crippen LogP contribution is -2.52. The number of ketones is 1. The van der Waals surface area contributed by atoms with Gasteiger partial charge < -0.3 is 10.2 Å². The fraction of sp³-hybridized carbons (Fsp3) is 0.500. The molecule has 0 radical (unpaired) electrons. The molecule has 1 aliphatic carbocycles. The molecule has 2 fully saturated rings. The summed E-state index contributed by atoms with van der Waals surface area (Å²) in [5, 5.41) is 2.45. The lowest BCUT2D eigenvalue weighted by molar-refractivity contribution is -0.133. The van der Waals surface area contributed by atoms with Crippen LogP contribution in [0.3, 0.4) is 0 Å². The van der Waals surface area contributed by atoms with Gasteiger partial charge in [0.25, 0.3) is 5.91 Å². The van der Waals surface area contributed by atoms with E-state index in [2.05, 4.69) is 10.2 Å². The van der Waals surface area contributed by atoms with Crippen LogP contribution >= 0.6 is 0 Å². The van der Waals surface area contributed by atoms with Crippen molar-refractivity contribution >= 4 is 17.6 Å². The van der Waals surface area contributed by atoms with Crippen LogP contribution in [-0.2, 0) is 9.59 Å². The standard InChI is InChI=1S/C18H23N3O3/c1-13-2-4-14(5-3-13)17(23)18(24)19-12-16(22)21-10-8-20(9-11-21)15-6-7-15/h2-5,15H,6-12H2,1H3,(H,19,24). The number of nitrogens with zero attached hydrogens (tertiary/aromatic N) is 2. The third kappa shape index (κ3) is 4.00. The highest BCUT2D eigenvalue weighted by molar-refractivity contribution is 6.43. The van der Waals surface area contributed by atoms with Crippen molar-refractivity contribution in [1.29, 1.82) is 0 Å². The second-order valence-corrected chi connectivity index (χ2v) is 6.53. The quantitative estimate of drug-likeness (QED) is 0.634. The first kappa shape index (κ1) is 16.6. The third-order valence-electron chi connectivity index (χ3n) is 4.65. The van der Waals surface area contributed by atoms with Crippen LogP contribution in [0.25, 0.3) is 0 Å². The lowest BCUT2D eigenvalue weighted by atomic mass is 10.1. The van der Waals surface area contributed by atoms with Gasteiger partial charge in [-0.05, 0) is 19.8 Å². The van der Waals surface area contributed by atoms with Crippen molar-refractivity contribution in [2.45, 2.75) is 25.8 Å². The van der Waals surface area contributed by atoms with E-state index < -0.39 is 11.7 Å². The Morgan fingerprint density at radius 3 is 2.25 bits per heavy atom. The van der Waals surface area contributed by atoms with Crippen molar-refractivity contribution in [3.63, 3.8) is 0 Å². The molecular formula is C18H23N3O3. The first-order valence-corrected chi connectivity index (χ1v) is 8.45. The normalized spacial score (nSPS) is 18.3. The zero-order valence-corrected chi connectivity index (χ0v) is 14.0. The number of carbonyl (C=O) groups is 3. The summed E-state index contributed by atoms with van der Waals surface area (Å²) in [4.78, 5) is 40.3. The highest BCUT2D eigenvalue weighted by Crippen LogP contribution is 2.27. The van der Waals surface area contributed by atoms with Gasteiger partial charge in [0, 0.05) is 37.8 Å². The number of rotatable bonds is 5. The van der Waals surface area contributed by atoms with Gasteiger partial charge in [-0.3, -0.25) is 19.3 Å². The Bertz CT molecular complexity index is 629. The Kier molecular flexibility index (Phi) is 4.94. The summed E-state index contributed by atoms with van der Waals surface area (Å²) < 4.78 is 0. The van der Waals surface area contributed by atoms with Crippen molar-refractivity contribution in [3.05, 3.63) is 35.4 Å². The Morgan fingerprint density at radius 2 is 1.67 bits per heavy atom. The number of hydrogen-bond acceptors (Lipinski definition) is 4. The van der Waals surface area contributed by atoms with E-state index in [1.807, 2.05) is 6.92 Å². The average molecular weight is 329 g/mol. The molecule has 1 N–H and O–H groups in total. The molecule has 0 bridgehead atoms. The summed E-state index contributed by atoms with van der Waals surface area (Å²) in [6.07, 6.45) is 2.54. The monoisotopic (exact) mass is 329 g/mol. The van der Waals surface area contributed by atoms with Crippen molar-refractivity contribution in [2.75, 3.05) is 32.7 Å². The highest BCUT2D eigenvalue weighted by Gasteiger charge is 2.32. The maximum atomic E-state index is 12.2. The Labute approximate surface area is 141 Å². The minimum Gasteiger partial charge on any atom is -0.340 e. The number of aryl methyl sites for hydroxylation is 1. The van der Waals surface area contributed by atoms with Gasteiger partial charge >= 0.3 is 0 Å². The fourth-order valence-electron chi connectivity index (χ4n) is 2.96. The van der Waals surface area contributed by atoms with E-state index in [9.17, 15) is 14.4 Å². The summed E-state index contributed by atoms with van der Waals surface area (Å²) in [7, 11) is 0. The van der Waals surface area contributed by atoms with Crippen LogP contribution in [0.15, 0.2) is 24.3 Å². The molecule has 0 atom stereocenters. The molecule has 6 heteroatoms. The van der Waals surface area contributed by atoms with Gasteiger partial charge in [0.1, 0.15) is 0 Å². The number of benzene rings is 1. The predicted octanol–water partition coefficient (Wildman–Crippen LogP) is 0.601. The van der Waals surface area contributed by atoms with Crippen LogP contribution in [0.5, 0.6) is 0 Å². The molecule has 128 valence electrons. The zero-order chi connectivity index (χ0) is 17.1. The first-order chi connectivity index (χ1) is 11.5. The second-order valence-electron chi connectivity index (χ2n) is 6.53. The zero-order valence-electron chi connectivity index (χ0n) is 14.0. The van der Waals surface area contributed by atoms with Gasteiger partial charge in [-0.2, -0.15) is 0 Å². The SMILES string of the molecule is Cc1ccc(C(=O)C(=O)NCC(=O)N2CCN(C3CC3)CC2)cc1. The molecule has 0 unspecified atom stereocenters. The van der Waals surface area contributed by atoms with E-state index in [0.29, 0.717) is 24.7 Å². The molecule has 24 heavy (non-hydrogen) atoms. The number of hydrogen-bond donors (Lipinski definition) is 1. The van der Waals surface area contributed by atoms with Crippen LogP contribution in [0.1, 0.15) is 28.8 Å². The molecule has 0 spiro atoms. The Morgan fingerprint density at radius 1 is 1.04 bits per heavy atom. The average Bonchev–Trinajstić information content (AvgIpc) is 3.44. The van der Waals surface area contributed by atoms with Gasteiger partial charge in [0.05, 0.1) is 6.54 Å². The van der Waals surface area contributed by atoms with Gasteiger partial charge in [-0.25, -0.2) is 0 Å². The minimum absolute atomic E-state index is 0.125. The minimum atomic E-state index is -0.733. The number of amides is 2. The van der Waals surface area contributed by atoms with Crippen LogP contribution in [0, 0.1) is 6.92 Å². The summed E-state index contributed by atoms with van der Waals surface area (Å²) in [5.74, 6) is -1.47. The molecule has 2 amide bonds. The summed E-state index contributed by atoms with van der Waals surface area (Å²) in [6, 6.07) is 7.52. The second kappa shape index (κ2) is 7.13. The molecular weight excluding hydrogens is 306 g/mol. The molecule has 1 aromatic carbocycles. The van der Waals surface area contributed by atoms with E-state index in [1.54, 1.807) is 29.2 Å². The highest BCUT2D eigenvalue weighted by atomic mass is 16.2. The summed E-state index contributed by atoms with van der Waals surface area (Å²) >= 11 is 0. The topological polar surface area (TPSA) is 69.7 Å². The largest absolute Gasteiger partial charge is 0.340 e. The van der Waals surface area contributed by atoms with Gasteiger partial charge in [-0.1, -0.05) is 29.8 Å². The first-order valence-electron chi connectivity index (χ1n) is 8.45. The van der Waals surface area contributed by atoms with E-state index in [-0.39, 0.29) is 12.5 Å². The van der Waals surface area contributed by atoms with Crippen LogP contribution < -0.4 is 5.32 Å². The lowest BCUT2D eigenvalue weighted by Gasteiger charge is -2.34. The molecule has 1 heterocycles. The maximum absolute atomic E-state index is 12.2. The molecule has 1 saturated carbocycles. The van der Waals surface area contributed by atoms with E-state index in [0.717, 1.165) is 18.7 Å². The maximum Gasteiger partial charge on any atom is 0.292 e. The molecule has 0 aromatic heterocycles. The molecule has 1 saturated heterocycles. The third-order valence-corrected chi connectivity index (χ3v) is 4.65. The molecule has 6 nitrogen and oxygen atoms in total. The molecule has 3 rings (SSSR count). The number of nitrogens with one attached hydrogen (secondary N) is 1. The van der Waals surface area contributed by atoms with Crippen molar-refractivity contribution in [2.24, 2.45) is 0 Å². The van der Waals surface area contributed by atoms with Crippen LogP contribution in [0.2, 0.25) is 0 Å². The number of carbonyl (C=O) groups excluding carboxylic acids is 3. The molecule has 2 aliphatic rings. The molecule has 1 aliphatic heterocycles. The predicted molar refractivity (Wildman–Crippen MR) is 89.7 cm³/mol. The number of piperazine rings is 1. The Balaban J connectivity index is 1.44.